The predicted molar refractivity (Wildman–Crippen MR) is 121 cm³/mol. The van der Waals surface area contributed by atoms with E-state index in [1.165, 1.54) is 12.4 Å². The van der Waals surface area contributed by atoms with Crippen molar-refractivity contribution in [1.29, 1.82) is 0 Å². The molecule has 0 saturated carbocycles. The minimum Gasteiger partial charge on any atom is -0.352 e. The summed E-state index contributed by atoms with van der Waals surface area (Å²) in [5.41, 5.74) is 0.934. The van der Waals surface area contributed by atoms with Crippen LogP contribution in [0, 0.1) is 5.92 Å². The second-order valence-corrected chi connectivity index (χ2v) is 8.15. The summed E-state index contributed by atoms with van der Waals surface area (Å²) in [4.78, 5) is 45.5. The molecule has 2 amide bonds. The lowest BCUT2D eigenvalue weighted by Crippen LogP contribution is -2.36. The van der Waals surface area contributed by atoms with Crippen molar-refractivity contribution < 1.29 is 9.59 Å². The van der Waals surface area contributed by atoms with Crippen LogP contribution in [-0.2, 0) is 13.0 Å². The fraction of sp³-hybridized carbons (Fsp3) is 0.364. The Morgan fingerprint density at radius 1 is 1.16 bits per heavy atom. The number of carbonyl (C=O) groups is 2. The molecule has 0 unspecified atom stereocenters. The van der Waals surface area contributed by atoms with Crippen LogP contribution in [0.1, 0.15) is 47.3 Å². The van der Waals surface area contributed by atoms with Crippen molar-refractivity contribution in [1.82, 2.24) is 25.2 Å². The first kappa shape index (κ1) is 22.6. The molecule has 0 spiro atoms. The maximum atomic E-state index is 12.8. The number of imidazole rings is 1. The molecule has 0 aliphatic rings. The Hall–Kier alpha value is -3.13. The summed E-state index contributed by atoms with van der Waals surface area (Å²) in [6.45, 7) is 7.05. The topological polar surface area (TPSA) is 109 Å². The van der Waals surface area contributed by atoms with E-state index >= 15 is 0 Å². The number of fused-ring (bicyclic) bond motifs is 1. The van der Waals surface area contributed by atoms with E-state index in [9.17, 15) is 14.4 Å². The molecule has 3 aromatic rings. The molecule has 0 radical (unpaired) electrons. The number of nitrogens with zero attached hydrogens (tertiary/aromatic N) is 2. The summed E-state index contributed by atoms with van der Waals surface area (Å²) in [6.07, 6.45) is 3.46. The SMILES string of the molecule is CCNC(=O)c1cn(CC(C)C)cc(C(=O)NCCc2nc3ccc(Cl)cc3[nH]2)c1=O. The van der Waals surface area contributed by atoms with Crippen LogP contribution in [0.15, 0.2) is 35.4 Å². The van der Waals surface area contributed by atoms with Crippen LogP contribution in [0.4, 0.5) is 0 Å². The number of aromatic amines is 1. The zero-order valence-electron chi connectivity index (χ0n) is 17.8. The van der Waals surface area contributed by atoms with Gasteiger partial charge in [-0.1, -0.05) is 25.4 Å². The fourth-order valence-corrected chi connectivity index (χ4v) is 3.45. The Morgan fingerprint density at radius 2 is 1.84 bits per heavy atom. The molecule has 3 rings (SSSR count). The van der Waals surface area contributed by atoms with Gasteiger partial charge in [0.05, 0.1) is 11.0 Å². The van der Waals surface area contributed by atoms with Gasteiger partial charge < -0.3 is 20.2 Å². The van der Waals surface area contributed by atoms with Gasteiger partial charge in [-0.25, -0.2) is 4.98 Å². The lowest BCUT2D eigenvalue weighted by molar-refractivity contribution is 0.0951. The highest BCUT2D eigenvalue weighted by molar-refractivity contribution is 6.31. The van der Waals surface area contributed by atoms with Crippen molar-refractivity contribution in [3.05, 3.63) is 62.8 Å². The van der Waals surface area contributed by atoms with E-state index in [1.54, 1.807) is 23.6 Å². The van der Waals surface area contributed by atoms with Crippen molar-refractivity contribution in [3.8, 4) is 0 Å². The van der Waals surface area contributed by atoms with E-state index in [-0.39, 0.29) is 23.6 Å². The van der Waals surface area contributed by atoms with Gasteiger partial charge in [-0.2, -0.15) is 0 Å². The number of halogens is 1. The number of pyridine rings is 1. The highest BCUT2D eigenvalue weighted by atomic mass is 35.5. The number of aromatic nitrogens is 3. The zero-order chi connectivity index (χ0) is 22.5. The van der Waals surface area contributed by atoms with Gasteiger partial charge in [0, 0.05) is 43.5 Å². The lowest BCUT2D eigenvalue weighted by Gasteiger charge is -2.14. The number of hydrogen-bond acceptors (Lipinski definition) is 4. The standard InChI is InChI=1S/C22H26ClN5O3/c1-4-24-21(30)15-11-28(10-13(2)3)12-16(20(15)29)22(31)25-8-7-19-26-17-6-5-14(23)9-18(17)27-19/h5-6,9,11-13H,4,7-8,10H2,1-3H3,(H,24,30)(H,25,31)(H,26,27). The Kier molecular flexibility index (Phi) is 7.12. The minimum absolute atomic E-state index is 0.0377. The Balaban J connectivity index is 1.76. The minimum atomic E-state index is -0.582. The van der Waals surface area contributed by atoms with Gasteiger partial charge in [0.25, 0.3) is 11.8 Å². The summed E-state index contributed by atoms with van der Waals surface area (Å²) in [6, 6.07) is 5.37. The van der Waals surface area contributed by atoms with Gasteiger partial charge in [0.1, 0.15) is 17.0 Å². The van der Waals surface area contributed by atoms with E-state index in [0.29, 0.717) is 30.4 Å². The normalized spacial score (nSPS) is 11.1. The highest BCUT2D eigenvalue weighted by Gasteiger charge is 2.19. The third kappa shape index (κ3) is 5.52. The molecule has 2 heterocycles. The molecule has 0 aliphatic carbocycles. The number of hydrogen-bond donors (Lipinski definition) is 3. The van der Waals surface area contributed by atoms with Gasteiger partial charge in [-0.05, 0) is 31.0 Å². The van der Waals surface area contributed by atoms with E-state index < -0.39 is 17.2 Å². The van der Waals surface area contributed by atoms with Crippen LogP contribution in [0.3, 0.4) is 0 Å². The van der Waals surface area contributed by atoms with Crippen molar-refractivity contribution >= 4 is 34.4 Å². The molecule has 9 heteroatoms. The monoisotopic (exact) mass is 443 g/mol. The molecular formula is C22H26ClN5O3. The Bertz CT molecular complexity index is 1170. The van der Waals surface area contributed by atoms with Gasteiger partial charge in [-0.3, -0.25) is 14.4 Å². The summed E-state index contributed by atoms with van der Waals surface area (Å²) in [5.74, 6) is -0.0265. The van der Waals surface area contributed by atoms with Gasteiger partial charge in [0.2, 0.25) is 5.43 Å². The summed E-state index contributed by atoms with van der Waals surface area (Å²) >= 11 is 5.99. The van der Waals surface area contributed by atoms with Crippen LogP contribution >= 0.6 is 11.6 Å². The largest absolute Gasteiger partial charge is 0.352 e. The van der Waals surface area contributed by atoms with Gasteiger partial charge in [-0.15, -0.1) is 0 Å². The third-order valence-corrected chi connectivity index (χ3v) is 4.86. The van der Waals surface area contributed by atoms with Gasteiger partial charge in [0.15, 0.2) is 0 Å². The fourth-order valence-electron chi connectivity index (χ4n) is 3.28. The number of benzene rings is 1. The van der Waals surface area contributed by atoms with Crippen LogP contribution < -0.4 is 16.1 Å². The second-order valence-electron chi connectivity index (χ2n) is 7.72. The average Bonchev–Trinajstić information content (AvgIpc) is 3.10. The van der Waals surface area contributed by atoms with Crippen LogP contribution in [-0.4, -0.2) is 39.4 Å². The smallest absolute Gasteiger partial charge is 0.256 e. The Labute approximate surface area is 185 Å². The van der Waals surface area contributed by atoms with Crippen LogP contribution in [0.2, 0.25) is 5.02 Å². The maximum Gasteiger partial charge on any atom is 0.256 e. The molecule has 164 valence electrons. The second kappa shape index (κ2) is 9.78. The number of amides is 2. The van der Waals surface area contributed by atoms with Crippen molar-refractivity contribution in [2.24, 2.45) is 5.92 Å². The van der Waals surface area contributed by atoms with E-state index in [1.807, 2.05) is 19.9 Å². The van der Waals surface area contributed by atoms with Crippen molar-refractivity contribution in [2.75, 3.05) is 13.1 Å². The summed E-state index contributed by atoms with van der Waals surface area (Å²) in [7, 11) is 0. The van der Waals surface area contributed by atoms with Crippen molar-refractivity contribution in [2.45, 2.75) is 33.7 Å². The molecule has 0 saturated heterocycles. The molecule has 2 aromatic heterocycles. The molecular weight excluding hydrogens is 418 g/mol. The number of H-pyrrole nitrogens is 1. The molecule has 0 fully saturated rings. The average molecular weight is 444 g/mol. The highest BCUT2D eigenvalue weighted by Crippen LogP contribution is 2.17. The molecule has 8 nitrogen and oxygen atoms in total. The molecule has 0 atom stereocenters. The maximum absolute atomic E-state index is 12.8. The Morgan fingerprint density at radius 3 is 2.48 bits per heavy atom. The summed E-state index contributed by atoms with van der Waals surface area (Å²) < 4.78 is 1.72. The number of carbonyl (C=O) groups excluding carboxylic acids is 2. The zero-order valence-corrected chi connectivity index (χ0v) is 18.5. The van der Waals surface area contributed by atoms with E-state index in [4.69, 9.17) is 11.6 Å². The van der Waals surface area contributed by atoms with E-state index in [2.05, 4.69) is 20.6 Å². The number of nitrogens with one attached hydrogen (secondary N) is 3. The quantitative estimate of drug-likeness (QED) is 0.497. The first-order chi connectivity index (χ1) is 14.8. The molecule has 3 N–H and O–H groups in total. The van der Waals surface area contributed by atoms with E-state index in [0.717, 1.165) is 11.0 Å². The summed E-state index contributed by atoms with van der Waals surface area (Å²) in [5, 5.41) is 5.99. The van der Waals surface area contributed by atoms with Crippen LogP contribution in [0.25, 0.3) is 11.0 Å². The number of rotatable bonds is 8. The first-order valence-electron chi connectivity index (χ1n) is 10.2. The molecule has 31 heavy (non-hydrogen) atoms. The molecule has 0 aliphatic heterocycles. The first-order valence-corrected chi connectivity index (χ1v) is 10.6. The molecule has 0 bridgehead atoms. The van der Waals surface area contributed by atoms with Gasteiger partial charge >= 0.3 is 0 Å². The molecule has 1 aromatic carbocycles. The van der Waals surface area contributed by atoms with Crippen LogP contribution in [0.5, 0.6) is 0 Å². The lowest BCUT2D eigenvalue weighted by atomic mass is 10.1. The third-order valence-electron chi connectivity index (χ3n) is 4.62. The van der Waals surface area contributed by atoms with Crippen molar-refractivity contribution in [3.63, 3.8) is 0 Å². The predicted octanol–water partition coefficient (Wildman–Crippen LogP) is 2.76.